The van der Waals surface area contributed by atoms with Gasteiger partial charge in [0.25, 0.3) is 5.91 Å². The number of fused-ring (bicyclic) bond motifs is 1. The number of nitrogens with zero attached hydrogens (tertiary/aromatic N) is 1. The predicted molar refractivity (Wildman–Crippen MR) is 136 cm³/mol. The molecule has 3 aromatic carbocycles. The van der Waals surface area contributed by atoms with E-state index in [1.54, 1.807) is 42.3 Å². The average molecular weight is 495 g/mol. The van der Waals surface area contributed by atoms with E-state index in [4.69, 9.17) is 25.8 Å². The van der Waals surface area contributed by atoms with Crippen LogP contribution in [0.2, 0.25) is 5.02 Å². The summed E-state index contributed by atoms with van der Waals surface area (Å²) < 4.78 is 16.5. The Bertz CT molecular complexity index is 1170. The summed E-state index contributed by atoms with van der Waals surface area (Å²) in [6.45, 7) is 1.06. The van der Waals surface area contributed by atoms with E-state index >= 15 is 0 Å². The number of anilines is 2. The fourth-order valence-corrected chi connectivity index (χ4v) is 3.88. The maximum Gasteiger partial charge on any atom is 0.265 e. The van der Waals surface area contributed by atoms with Crippen LogP contribution in [-0.4, -0.2) is 38.7 Å². The number of hydrogen-bond donors (Lipinski definition) is 1. The normalized spacial score (nSPS) is 12.5. The van der Waals surface area contributed by atoms with Crippen molar-refractivity contribution in [2.75, 3.05) is 37.1 Å². The smallest absolute Gasteiger partial charge is 0.265 e. The fraction of sp³-hybridized carbons (Fsp3) is 0.259. The molecule has 7 nitrogen and oxygen atoms in total. The number of unbranched alkanes of at least 4 members (excludes halogenated alkanes) is 1. The molecule has 3 aromatic rings. The third-order valence-electron chi connectivity index (χ3n) is 5.57. The Morgan fingerprint density at radius 3 is 2.51 bits per heavy atom. The summed E-state index contributed by atoms with van der Waals surface area (Å²) in [4.78, 5) is 26.8. The molecule has 0 unspecified atom stereocenters. The number of carbonyl (C=O) groups excluding carboxylic acids is 2. The standard InChI is InChI=1S/C27H27ClN2O5/c1-33-22-9-4-19(5-10-22)16-26(31)29-21-8-13-25-24(17-21)30(27(32)18-35-25)14-2-3-15-34-23-11-6-20(28)7-12-23/h4-13,17H,2-3,14-16,18H2,1H3,(H,29,31). The number of amides is 2. The first-order valence-electron chi connectivity index (χ1n) is 11.4. The molecule has 1 heterocycles. The molecule has 0 radical (unpaired) electrons. The van der Waals surface area contributed by atoms with E-state index < -0.39 is 0 Å². The van der Waals surface area contributed by atoms with Crippen molar-refractivity contribution in [1.29, 1.82) is 0 Å². The van der Waals surface area contributed by atoms with Gasteiger partial charge in [0.15, 0.2) is 6.61 Å². The van der Waals surface area contributed by atoms with Crippen LogP contribution in [0.4, 0.5) is 11.4 Å². The highest BCUT2D eigenvalue weighted by molar-refractivity contribution is 6.30. The zero-order valence-corrected chi connectivity index (χ0v) is 20.2. The van der Waals surface area contributed by atoms with Crippen molar-refractivity contribution in [3.8, 4) is 17.2 Å². The Labute approximate surface area is 209 Å². The van der Waals surface area contributed by atoms with Crippen LogP contribution >= 0.6 is 11.6 Å². The van der Waals surface area contributed by atoms with Crippen LogP contribution < -0.4 is 24.4 Å². The Morgan fingerprint density at radius 2 is 1.77 bits per heavy atom. The van der Waals surface area contributed by atoms with Crippen LogP contribution in [0.15, 0.2) is 66.7 Å². The second kappa shape index (κ2) is 11.6. The number of carbonyl (C=O) groups is 2. The number of ether oxygens (including phenoxy) is 3. The van der Waals surface area contributed by atoms with Gasteiger partial charge in [0.05, 0.1) is 25.8 Å². The third-order valence-corrected chi connectivity index (χ3v) is 5.82. The molecule has 4 rings (SSSR count). The largest absolute Gasteiger partial charge is 0.497 e. The summed E-state index contributed by atoms with van der Waals surface area (Å²) in [5, 5.41) is 3.57. The van der Waals surface area contributed by atoms with E-state index in [9.17, 15) is 9.59 Å². The Hall–Kier alpha value is -3.71. The highest BCUT2D eigenvalue weighted by atomic mass is 35.5. The number of hydrogen-bond acceptors (Lipinski definition) is 5. The molecule has 0 bridgehead atoms. The van der Waals surface area contributed by atoms with Crippen molar-refractivity contribution in [1.82, 2.24) is 0 Å². The van der Waals surface area contributed by atoms with Gasteiger partial charge in [-0.15, -0.1) is 0 Å². The minimum absolute atomic E-state index is 0.00253. The van der Waals surface area contributed by atoms with E-state index in [0.29, 0.717) is 35.3 Å². The second-order valence-electron chi connectivity index (χ2n) is 8.10. The molecule has 0 fully saturated rings. The van der Waals surface area contributed by atoms with Crippen molar-refractivity contribution in [2.45, 2.75) is 19.3 Å². The summed E-state index contributed by atoms with van der Waals surface area (Å²) >= 11 is 5.89. The highest BCUT2D eigenvalue weighted by Crippen LogP contribution is 2.35. The van der Waals surface area contributed by atoms with E-state index in [1.807, 2.05) is 36.4 Å². The molecule has 0 spiro atoms. The van der Waals surface area contributed by atoms with Gasteiger partial charge in [-0.25, -0.2) is 0 Å². The highest BCUT2D eigenvalue weighted by Gasteiger charge is 2.25. The van der Waals surface area contributed by atoms with Crippen LogP contribution in [0.3, 0.4) is 0 Å². The van der Waals surface area contributed by atoms with Gasteiger partial charge in [-0.1, -0.05) is 23.7 Å². The molecule has 1 N–H and O–H groups in total. The first kappa shape index (κ1) is 24.4. The zero-order valence-electron chi connectivity index (χ0n) is 19.5. The maximum absolute atomic E-state index is 12.6. The van der Waals surface area contributed by atoms with E-state index in [2.05, 4.69) is 5.32 Å². The lowest BCUT2D eigenvalue weighted by Gasteiger charge is -2.30. The summed E-state index contributed by atoms with van der Waals surface area (Å²) in [5.74, 6) is 1.86. The summed E-state index contributed by atoms with van der Waals surface area (Å²) in [6, 6.07) is 19.9. The minimum Gasteiger partial charge on any atom is -0.497 e. The minimum atomic E-state index is -0.149. The molecule has 0 saturated heterocycles. The lowest BCUT2D eigenvalue weighted by molar-refractivity contribution is -0.121. The van der Waals surface area contributed by atoms with Gasteiger partial charge in [0.2, 0.25) is 5.91 Å². The van der Waals surface area contributed by atoms with Crippen LogP contribution in [0.5, 0.6) is 17.2 Å². The molecular weight excluding hydrogens is 468 g/mol. The first-order chi connectivity index (χ1) is 17.0. The lowest BCUT2D eigenvalue weighted by Crippen LogP contribution is -2.39. The molecule has 182 valence electrons. The molecule has 0 aromatic heterocycles. The van der Waals surface area contributed by atoms with Gasteiger partial charge < -0.3 is 24.4 Å². The van der Waals surface area contributed by atoms with Crippen LogP contribution in [0, 0.1) is 0 Å². The molecule has 2 amide bonds. The van der Waals surface area contributed by atoms with Crippen LogP contribution in [-0.2, 0) is 16.0 Å². The van der Waals surface area contributed by atoms with Crippen molar-refractivity contribution in [3.05, 3.63) is 77.3 Å². The lowest BCUT2D eigenvalue weighted by atomic mass is 10.1. The predicted octanol–water partition coefficient (Wildman–Crippen LogP) is 5.11. The molecule has 1 aliphatic rings. The Morgan fingerprint density at radius 1 is 1.03 bits per heavy atom. The first-order valence-corrected chi connectivity index (χ1v) is 11.8. The maximum atomic E-state index is 12.6. The zero-order chi connectivity index (χ0) is 24.6. The number of methoxy groups -OCH3 is 1. The Kier molecular flexibility index (Phi) is 8.11. The topological polar surface area (TPSA) is 77.1 Å². The van der Waals surface area contributed by atoms with E-state index in [-0.39, 0.29) is 24.8 Å². The number of rotatable bonds is 10. The third kappa shape index (κ3) is 6.67. The summed E-state index contributed by atoms with van der Waals surface area (Å²) in [7, 11) is 1.60. The van der Waals surface area contributed by atoms with Crippen molar-refractivity contribution in [3.63, 3.8) is 0 Å². The monoisotopic (exact) mass is 494 g/mol. The van der Waals surface area contributed by atoms with Gasteiger partial charge in [0, 0.05) is 17.3 Å². The van der Waals surface area contributed by atoms with Crippen molar-refractivity contribution in [2.24, 2.45) is 0 Å². The van der Waals surface area contributed by atoms with E-state index in [1.165, 1.54) is 0 Å². The van der Waals surface area contributed by atoms with Gasteiger partial charge in [-0.2, -0.15) is 0 Å². The molecular formula is C27H27ClN2O5. The van der Waals surface area contributed by atoms with Crippen LogP contribution in [0.25, 0.3) is 0 Å². The SMILES string of the molecule is COc1ccc(CC(=O)Nc2ccc3c(c2)N(CCCCOc2ccc(Cl)cc2)C(=O)CO3)cc1. The van der Waals surface area contributed by atoms with Crippen molar-refractivity contribution < 1.29 is 23.8 Å². The van der Waals surface area contributed by atoms with E-state index in [0.717, 1.165) is 29.9 Å². The van der Waals surface area contributed by atoms with Gasteiger partial charge in [-0.05, 0) is 73.0 Å². The number of benzene rings is 3. The molecule has 35 heavy (non-hydrogen) atoms. The quantitative estimate of drug-likeness (QED) is 0.396. The van der Waals surface area contributed by atoms with Gasteiger partial charge in [-0.3, -0.25) is 9.59 Å². The molecule has 0 saturated carbocycles. The number of halogens is 1. The average Bonchev–Trinajstić information content (AvgIpc) is 2.86. The number of nitrogens with one attached hydrogen (secondary N) is 1. The second-order valence-corrected chi connectivity index (χ2v) is 8.54. The molecule has 0 atom stereocenters. The Balaban J connectivity index is 1.32. The summed E-state index contributed by atoms with van der Waals surface area (Å²) in [5.41, 5.74) is 2.14. The van der Waals surface area contributed by atoms with Gasteiger partial charge >= 0.3 is 0 Å². The molecule has 8 heteroatoms. The molecule has 1 aliphatic heterocycles. The van der Waals surface area contributed by atoms with Crippen molar-refractivity contribution >= 4 is 34.8 Å². The fourth-order valence-electron chi connectivity index (χ4n) is 3.75. The summed E-state index contributed by atoms with van der Waals surface area (Å²) in [6.07, 6.45) is 1.77. The molecule has 0 aliphatic carbocycles. The van der Waals surface area contributed by atoms with Crippen LogP contribution in [0.1, 0.15) is 18.4 Å². The van der Waals surface area contributed by atoms with Gasteiger partial charge in [0.1, 0.15) is 17.2 Å².